The molecule has 0 aromatic heterocycles. The lowest BCUT2D eigenvalue weighted by Gasteiger charge is -2.13. The van der Waals surface area contributed by atoms with Crippen LogP contribution in [0.2, 0.25) is 5.02 Å². The fourth-order valence-corrected chi connectivity index (χ4v) is 1.84. The van der Waals surface area contributed by atoms with Gasteiger partial charge in [-0.3, -0.25) is 4.79 Å². The molecule has 0 bridgehead atoms. The summed E-state index contributed by atoms with van der Waals surface area (Å²) in [5.41, 5.74) is 1.10. The molecular weight excluding hydrogens is 274 g/mol. The van der Waals surface area contributed by atoms with Crippen molar-refractivity contribution in [2.75, 3.05) is 0 Å². The summed E-state index contributed by atoms with van der Waals surface area (Å²) in [6.45, 7) is 1.69. The van der Waals surface area contributed by atoms with Crippen LogP contribution in [0.5, 0.6) is 5.75 Å². The van der Waals surface area contributed by atoms with Crippen LogP contribution in [-0.4, -0.2) is 11.9 Å². The molecule has 0 amide bonds. The van der Waals surface area contributed by atoms with E-state index in [1.807, 2.05) is 6.07 Å². The summed E-state index contributed by atoms with van der Waals surface area (Å²) in [4.78, 5) is 12.2. The quantitative estimate of drug-likeness (QED) is 0.802. The van der Waals surface area contributed by atoms with E-state index in [4.69, 9.17) is 21.6 Å². The zero-order valence-corrected chi connectivity index (χ0v) is 11.6. The molecule has 2 aromatic rings. The summed E-state index contributed by atoms with van der Waals surface area (Å²) in [6.07, 6.45) is -0.607. The molecule has 2 rings (SSSR count). The topological polar surface area (TPSA) is 50.1 Å². The maximum absolute atomic E-state index is 12.2. The van der Waals surface area contributed by atoms with Crippen molar-refractivity contribution in [1.29, 1.82) is 5.26 Å². The number of hydrogen-bond acceptors (Lipinski definition) is 3. The molecule has 1 unspecified atom stereocenters. The number of halogens is 1. The van der Waals surface area contributed by atoms with Crippen LogP contribution in [0.1, 0.15) is 22.8 Å². The summed E-state index contributed by atoms with van der Waals surface area (Å²) >= 11 is 5.79. The monoisotopic (exact) mass is 285 g/mol. The molecule has 0 saturated heterocycles. The van der Waals surface area contributed by atoms with Crippen molar-refractivity contribution in [3.63, 3.8) is 0 Å². The van der Waals surface area contributed by atoms with Crippen LogP contribution in [0.4, 0.5) is 0 Å². The number of benzene rings is 2. The number of carbonyl (C=O) groups excluding carboxylic acids is 1. The summed E-state index contributed by atoms with van der Waals surface area (Å²) in [7, 11) is 0. The van der Waals surface area contributed by atoms with E-state index in [1.165, 1.54) is 0 Å². The number of Topliss-reactive ketones (excluding diaryl/α,β-unsaturated/α-hetero) is 1. The first-order valence-electron chi connectivity index (χ1n) is 6.07. The predicted molar refractivity (Wildman–Crippen MR) is 77.0 cm³/mol. The van der Waals surface area contributed by atoms with Crippen molar-refractivity contribution in [3.8, 4) is 11.8 Å². The SMILES string of the molecule is CC(Oc1ccc(C#N)cc1)C(=O)c1ccc(Cl)cc1. The molecule has 0 heterocycles. The predicted octanol–water partition coefficient (Wildman–Crippen LogP) is 3.86. The third-order valence-electron chi connectivity index (χ3n) is 2.79. The van der Waals surface area contributed by atoms with Gasteiger partial charge in [0.15, 0.2) is 6.10 Å². The summed E-state index contributed by atoms with van der Waals surface area (Å²) in [6, 6.07) is 15.3. The van der Waals surface area contributed by atoms with Gasteiger partial charge in [-0.15, -0.1) is 0 Å². The summed E-state index contributed by atoms with van der Waals surface area (Å²) < 4.78 is 5.57. The maximum atomic E-state index is 12.2. The van der Waals surface area contributed by atoms with Crippen LogP contribution < -0.4 is 4.74 Å². The number of ketones is 1. The molecule has 20 heavy (non-hydrogen) atoms. The Kier molecular flexibility index (Phi) is 4.39. The number of nitrogens with zero attached hydrogens (tertiary/aromatic N) is 1. The lowest BCUT2D eigenvalue weighted by molar-refractivity contribution is 0.0818. The Balaban J connectivity index is 2.07. The van der Waals surface area contributed by atoms with E-state index in [0.29, 0.717) is 21.9 Å². The van der Waals surface area contributed by atoms with E-state index in [0.717, 1.165) is 0 Å². The van der Waals surface area contributed by atoms with E-state index in [9.17, 15) is 4.79 Å². The van der Waals surface area contributed by atoms with Crippen LogP contribution in [0, 0.1) is 11.3 Å². The van der Waals surface area contributed by atoms with Crippen molar-refractivity contribution in [2.24, 2.45) is 0 Å². The highest BCUT2D eigenvalue weighted by atomic mass is 35.5. The molecule has 0 aliphatic rings. The zero-order valence-electron chi connectivity index (χ0n) is 10.8. The summed E-state index contributed by atoms with van der Waals surface area (Å²) in [5.74, 6) is 0.435. The Bertz CT molecular complexity index is 642. The molecule has 0 saturated carbocycles. The molecule has 0 N–H and O–H groups in total. The average Bonchev–Trinajstić information content (AvgIpc) is 2.48. The Morgan fingerprint density at radius 2 is 1.75 bits per heavy atom. The molecule has 2 aromatic carbocycles. The van der Waals surface area contributed by atoms with Crippen molar-refractivity contribution >= 4 is 17.4 Å². The van der Waals surface area contributed by atoms with Gasteiger partial charge in [0.1, 0.15) is 5.75 Å². The van der Waals surface area contributed by atoms with Crippen LogP contribution >= 0.6 is 11.6 Å². The Hall–Kier alpha value is -2.31. The van der Waals surface area contributed by atoms with Gasteiger partial charge in [0.25, 0.3) is 0 Å². The first-order chi connectivity index (χ1) is 9.60. The van der Waals surface area contributed by atoms with Crippen LogP contribution in [0.3, 0.4) is 0 Å². The van der Waals surface area contributed by atoms with Gasteiger partial charge in [0.2, 0.25) is 5.78 Å². The van der Waals surface area contributed by atoms with Crippen molar-refractivity contribution in [1.82, 2.24) is 0 Å². The second kappa shape index (κ2) is 6.23. The largest absolute Gasteiger partial charge is 0.483 e. The third-order valence-corrected chi connectivity index (χ3v) is 3.05. The normalized spacial score (nSPS) is 11.4. The molecule has 100 valence electrons. The number of rotatable bonds is 4. The highest BCUT2D eigenvalue weighted by Crippen LogP contribution is 2.16. The lowest BCUT2D eigenvalue weighted by atomic mass is 10.1. The van der Waals surface area contributed by atoms with Crippen LogP contribution in [0.15, 0.2) is 48.5 Å². The Labute approximate surface area is 122 Å². The van der Waals surface area contributed by atoms with Gasteiger partial charge in [0, 0.05) is 10.6 Å². The second-order valence-electron chi connectivity index (χ2n) is 4.27. The number of ether oxygens (including phenoxy) is 1. The van der Waals surface area contributed by atoms with Gasteiger partial charge in [0.05, 0.1) is 11.6 Å². The molecule has 3 nitrogen and oxygen atoms in total. The molecule has 0 fully saturated rings. The Morgan fingerprint density at radius 3 is 2.30 bits per heavy atom. The molecule has 0 radical (unpaired) electrons. The Morgan fingerprint density at radius 1 is 1.15 bits per heavy atom. The second-order valence-corrected chi connectivity index (χ2v) is 4.70. The van der Waals surface area contributed by atoms with Gasteiger partial charge in [-0.25, -0.2) is 0 Å². The molecule has 0 spiro atoms. The first kappa shape index (κ1) is 14.1. The smallest absolute Gasteiger partial charge is 0.202 e. The molecule has 0 aliphatic carbocycles. The fraction of sp³-hybridized carbons (Fsp3) is 0.125. The fourth-order valence-electron chi connectivity index (χ4n) is 1.71. The van der Waals surface area contributed by atoms with Gasteiger partial charge in [-0.1, -0.05) is 11.6 Å². The molecule has 0 aliphatic heterocycles. The van der Waals surface area contributed by atoms with E-state index in [1.54, 1.807) is 55.5 Å². The minimum absolute atomic E-state index is 0.119. The van der Waals surface area contributed by atoms with E-state index in [-0.39, 0.29) is 5.78 Å². The van der Waals surface area contributed by atoms with Gasteiger partial charge >= 0.3 is 0 Å². The van der Waals surface area contributed by atoms with Crippen LogP contribution in [0.25, 0.3) is 0 Å². The molecule has 4 heteroatoms. The van der Waals surface area contributed by atoms with Gasteiger partial charge in [-0.2, -0.15) is 5.26 Å². The standard InChI is InChI=1S/C16H12ClNO2/c1-11(16(19)13-4-6-14(17)7-5-13)20-15-8-2-12(10-18)3-9-15/h2-9,11H,1H3. The average molecular weight is 286 g/mol. The van der Waals surface area contributed by atoms with Crippen molar-refractivity contribution in [3.05, 3.63) is 64.7 Å². The number of carbonyl (C=O) groups is 1. The van der Waals surface area contributed by atoms with E-state index >= 15 is 0 Å². The number of nitriles is 1. The van der Waals surface area contributed by atoms with Gasteiger partial charge < -0.3 is 4.74 Å². The van der Waals surface area contributed by atoms with Crippen LogP contribution in [-0.2, 0) is 0 Å². The molecule has 1 atom stereocenters. The maximum Gasteiger partial charge on any atom is 0.202 e. The highest BCUT2D eigenvalue weighted by Gasteiger charge is 2.16. The minimum Gasteiger partial charge on any atom is -0.483 e. The third kappa shape index (κ3) is 3.37. The van der Waals surface area contributed by atoms with Crippen molar-refractivity contribution in [2.45, 2.75) is 13.0 Å². The van der Waals surface area contributed by atoms with Gasteiger partial charge in [-0.05, 0) is 55.5 Å². The highest BCUT2D eigenvalue weighted by molar-refractivity contribution is 6.30. The zero-order chi connectivity index (χ0) is 14.5. The summed E-state index contributed by atoms with van der Waals surface area (Å²) in [5, 5.41) is 9.30. The first-order valence-corrected chi connectivity index (χ1v) is 6.44. The number of hydrogen-bond donors (Lipinski definition) is 0. The lowest BCUT2D eigenvalue weighted by Crippen LogP contribution is -2.23. The van der Waals surface area contributed by atoms with Crippen molar-refractivity contribution < 1.29 is 9.53 Å². The van der Waals surface area contributed by atoms with E-state index in [2.05, 4.69) is 0 Å². The molecular formula is C16H12ClNO2. The van der Waals surface area contributed by atoms with E-state index < -0.39 is 6.10 Å². The minimum atomic E-state index is -0.607.